The zero-order chi connectivity index (χ0) is 12.7. The first-order valence-electron chi connectivity index (χ1n) is 4.78. The lowest BCUT2D eigenvalue weighted by Crippen LogP contribution is -2.22. The fourth-order valence-electron chi connectivity index (χ4n) is 1.23. The highest BCUT2D eigenvalue weighted by atomic mass is 79.9. The molecule has 1 rings (SSSR count). The molecule has 7 heteroatoms. The number of benzene rings is 1. The van der Waals surface area contributed by atoms with Crippen LogP contribution in [0, 0.1) is 11.3 Å². The van der Waals surface area contributed by atoms with Crippen LogP contribution in [0.25, 0.3) is 10.4 Å². The number of nitrogens with zero attached hydrogens (tertiary/aromatic N) is 4. The average Bonchev–Trinajstić information content (AvgIpc) is 2.33. The average molecular weight is 359 g/mol. The Morgan fingerprint density at radius 3 is 2.82 bits per heavy atom. The summed E-state index contributed by atoms with van der Waals surface area (Å²) in [7, 11) is 0. The van der Waals surface area contributed by atoms with E-state index in [1.54, 1.807) is 0 Å². The quantitative estimate of drug-likeness (QED) is 0.377. The normalized spacial score (nSPS) is 11.4. The summed E-state index contributed by atoms with van der Waals surface area (Å²) in [5.41, 5.74) is 8.99. The molecule has 1 unspecified atom stereocenters. The molecule has 0 saturated carbocycles. The molecule has 0 bridgehead atoms. The maximum absolute atomic E-state index is 9.05. The van der Waals surface area contributed by atoms with Crippen LogP contribution in [-0.2, 0) is 0 Å². The number of hydrogen-bond donors (Lipinski definition) is 1. The van der Waals surface area contributed by atoms with E-state index in [0.29, 0.717) is 13.1 Å². The molecule has 0 fully saturated rings. The van der Waals surface area contributed by atoms with Gasteiger partial charge in [0.1, 0.15) is 6.04 Å². The van der Waals surface area contributed by atoms with Gasteiger partial charge < -0.3 is 0 Å². The Morgan fingerprint density at radius 2 is 2.24 bits per heavy atom. The SMILES string of the molecule is N#CC(NCCN=[N+]=[N-])c1ccc(Br)c(Br)c1. The van der Waals surface area contributed by atoms with Gasteiger partial charge in [0.15, 0.2) is 0 Å². The largest absolute Gasteiger partial charge is 0.298 e. The molecule has 1 N–H and O–H groups in total. The van der Waals surface area contributed by atoms with Crippen LogP contribution in [0.4, 0.5) is 0 Å². The first-order valence-corrected chi connectivity index (χ1v) is 6.36. The van der Waals surface area contributed by atoms with Crippen LogP contribution < -0.4 is 5.32 Å². The summed E-state index contributed by atoms with van der Waals surface area (Å²) in [6.07, 6.45) is 0. The molecule has 1 aromatic rings. The summed E-state index contributed by atoms with van der Waals surface area (Å²) >= 11 is 6.75. The fraction of sp³-hybridized carbons (Fsp3) is 0.300. The van der Waals surface area contributed by atoms with Crippen LogP contribution in [0.3, 0.4) is 0 Å². The molecule has 5 nitrogen and oxygen atoms in total. The predicted octanol–water partition coefficient (Wildman–Crippen LogP) is 3.68. The van der Waals surface area contributed by atoms with Crippen LogP contribution in [-0.4, -0.2) is 13.1 Å². The molecule has 1 atom stereocenters. The van der Waals surface area contributed by atoms with E-state index in [2.05, 4.69) is 53.3 Å². The number of rotatable bonds is 5. The van der Waals surface area contributed by atoms with Gasteiger partial charge in [0.2, 0.25) is 0 Å². The Labute approximate surface area is 116 Å². The zero-order valence-corrected chi connectivity index (χ0v) is 11.9. The highest BCUT2D eigenvalue weighted by Gasteiger charge is 2.10. The van der Waals surface area contributed by atoms with Crippen LogP contribution in [0.15, 0.2) is 32.3 Å². The van der Waals surface area contributed by atoms with E-state index in [1.165, 1.54) is 0 Å². The summed E-state index contributed by atoms with van der Waals surface area (Å²) < 4.78 is 1.83. The third kappa shape index (κ3) is 4.36. The monoisotopic (exact) mass is 357 g/mol. The van der Waals surface area contributed by atoms with Crippen molar-refractivity contribution in [1.29, 1.82) is 5.26 Å². The van der Waals surface area contributed by atoms with Gasteiger partial charge in [0, 0.05) is 26.9 Å². The van der Waals surface area contributed by atoms with Crippen molar-refractivity contribution in [2.24, 2.45) is 5.11 Å². The standard InChI is InChI=1S/C10H9Br2N5/c11-8-2-1-7(5-9(8)12)10(6-13)15-3-4-16-17-14/h1-2,5,10,15H,3-4H2. The number of hydrogen-bond acceptors (Lipinski definition) is 3. The summed E-state index contributed by atoms with van der Waals surface area (Å²) in [5.74, 6) is 0. The van der Waals surface area contributed by atoms with Gasteiger partial charge in [-0.1, -0.05) is 11.2 Å². The van der Waals surface area contributed by atoms with Gasteiger partial charge in [-0.15, -0.1) is 0 Å². The van der Waals surface area contributed by atoms with E-state index < -0.39 is 6.04 Å². The highest BCUT2D eigenvalue weighted by Crippen LogP contribution is 2.26. The predicted molar refractivity (Wildman–Crippen MR) is 72.2 cm³/mol. The van der Waals surface area contributed by atoms with E-state index in [9.17, 15) is 0 Å². The van der Waals surface area contributed by atoms with E-state index in [1.807, 2.05) is 18.2 Å². The molecule has 0 amide bonds. The van der Waals surface area contributed by atoms with Crippen molar-refractivity contribution in [3.05, 3.63) is 43.2 Å². The van der Waals surface area contributed by atoms with E-state index in [4.69, 9.17) is 10.8 Å². The Hall–Kier alpha value is -1.06. The van der Waals surface area contributed by atoms with Crippen molar-refractivity contribution in [3.8, 4) is 6.07 Å². The number of nitriles is 1. The number of nitrogens with one attached hydrogen (secondary N) is 1. The lowest BCUT2D eigenvalue weighted by Gasteiger charge is -2.11. The van der Waals surface area contributed by atoms with Crippen molar-refractivity contribution in [3.63, 3.8) is 0 Å². The lowest BCUT2D eigenvalue weighted by molar-refractivity contribution is 0.635. The minimum atomic E-state index is -0.409. The fourth-order valence-corrected chi connectivity index (χ4v) is 1.88. The molecule has 0 radical (unpaired) electrons. The number of halogens is 2. The molecular formula is C10H9Br2N5. The Kier molecular flexibility index (Phi) is 6.01. The van der Waals surface area contributed by atoms with Crippen LogP contribution in [0.1, 0.15) is 11.6 Å². The Bertz CT molecular complexity index is 476. The smallest absolute Gasteiger partial charge is 0.121 e. The van der Waals surface area contributed by atoms with Crippen molar-refractivity contribution >= 4 is 31.9 Å². The molecular weight excluding hydrogens is 350 g/mol. The van der Waals surface area contributed by atoms with E-state index >= 15 is 0 Å². The third-order valence-electron chi connectivity index (χ3n) is 2.03. The molecule has 1 aromatic carbocycles. The third-order valence-corrected chi connectivity index (χ3v) is 3.91. The van der Waals surface area contributed by atoms with E-state index in [0.717, 1.165) is 14.5 Å². The van der Waals surface area contributed by atoms with Crippen molar-refractivity contribution in [2.75, 3.05) is 13.1 Å². The second-order valence-electron chi connectivity index (χ2n) is 3.14. The molecule has 88 valence electrons. The molecule has 0 saturated heterocycles. The summed E-state index contributed by atoms with van der Waals surface area (Å²) in [6, 6.07) is 7.36. The molecule has 0 aliphatic heterocycles. The summed E-state index contributed by atoms with van der Waals surface area (Å²) in [4.78, 5) is 2.65. The lowest BCUT2D eigenvalue weighted by atomic mass is 10.1. The molecule has 17 heavy (non-hydrogen) atoms. The topological polar surface area (TPSA) is 84.6 Å². The maximum Gasteiger partial charge on any atom is 0.121 e. The Morgan fingerprint density at radius 1 is 1.47 bits per heavy atom. The van der Waals surface area contributed by atoms with Gasteiger partial charge >= 0.3 is 0 Å². The van der Waals surface area contributed by atoms with Crippen LogP contribution in [0.5, 0.6) is 0 Å². The van der Waals surface area contributed by atoms with Crippen LogP contribution >= 0.6 is 31.9 Å². The van der Waals surface area contributed by atoms with Crippen molar-refractivity contribution < 1.29 is 0 Å². The number of azide groups is 1. The first-order chi connectivity index (χ1) is 8.19. The van der Waals surface area contributed by atoms with Gasteiger partial charge in [-0.25, -0.2) is 0 Å². The molecule has 0 aliphatic rings. The summed E-state index contributed by atoms with van der Waals surface area (Å²) in [6.45, 7) is 0.794. The molecule has 0 aromatic heterocycles. The van der Waals surface area contributed by atoms with Gasteiger partial charge in [-0.2, -0.15) is 5.26 Å². The second kappa shape index (κ2) is 7.30. The van der Waals surface area contributed by atoms with Crippen LogP contribution in [0.2, 0.25) is 0 Å². The van der Waals surface area contributed by atoms with Gasteiger partial charge in [-0.05, 0) is 55.1 Å². The van der Waals surface area contributed by atoms with Gasteiger partial charge in [-0.3, -0.25) is 5.32 Å². The molecule has 0 spiro atoms. The van der Waals surface area contributed by atoms with Gasteiger partial charge in [0.25, 0.3) is 0 Å². The molecule has 0 aliphatic carbocycles. The zero-order valence-electron chi connectivity index (χ0n) is 8.77. The highest BCUT2D eigenvalue weighted by molar-refractivity contribution is 9.13. The molecule has 0 heterocycles. The maximum atomic E-state index is 9.05. The Balaban J connectivity index is 2.70. The van der Waals surface area contributed by atoms with E-state index in [-0.39, 0.29) is 0 Å². The van der Waals surface area contributed by atoms with Crippen molar-refractivity contribution in [2.45, 2.75) is 6.04 Å². The second-order valence-corrected chi connectivity index (χ2v) is 4.85. The van der Waals surface area contributed by atoms with Gasteiger partial charge in [0.05, 0.1) is 6.07 Å². The summed E-state index contributed by atoms with van der Waals surface area (Å²) in [5, 5.41) is 15.5. The first kappa shape index (κ1) is 14.0. The minimum absolute atomic E-state index is 0.326. The minimum Gasteiger partial charge on any atom is -0.298 e. The van der Waals surface area contributed by atoms with Crippen molar-refractivity contribution in [1.82, 2.24) is 5.32 Å².